The fraction of sp³-hybridized carbons (Fsp3) is 0.611. The van der Waals surface area contributed by atoms with E-state index in [2.05, 4.69) is 15.6 Å². The van der Waals surface area contributed by atoms with E-state index >= 15 is 0 Å². The van der Waals surface area contributed by atoms with Crippen molar-refractivity contribution < 1.29 is 19.1 Å². The molecule has 0 spiro atoms. The molecule has 1 atom stereocenters. The summed E-state index contributed by atoms with van der Waals surface area (Å²) in [5.74, 6) is 0.644. The third-order valence-corrected chi connectivity index (χ3v) is 4.63. The number of piperidine rings is 1. The predicted octanol–water partition coefficient (Wildman–Crippen LogP) is 2.23. The Bertz CT molecular complexity index is 608. The van der Waals surface area contributed by atoms with Crippen molar-refractivity contribution in [2.45, 2.75) is 44.8 Å². The third-order valence-electron chi connectivity index (χ3n) is 4.63. The molecule has 142 valence electrons. The van der Waals surface area contributed by atoms with Gasteiger partial charge in [0.15, 0.2) is 0 Å². The number of hydrogen-bond donors (Lipinski definition) is 2. The van der Waals surface area contributed by atoms with Gasteiger partial charge in [-0.25, -0.2) is 9.78 Å². The Morgan fingerprint density at radius 2 is 2.12 bits per heavy atom. The average Bonchev–Trinajstić information content (AvgIpc) is 3.19. The number of amides is 2. The van der Waals surface area contributed by atoms with E-state index in [1.807, 2.05) is 19.1 Å². The number of ether oxygens (including phenoxy) is 2. The van der Waals surface area contributed by atoms with E-state index in [-0.39, 0.29) is 24.1 Å². The number of carbonyl (C=O) groups excluding carboxylic acids is 2. The highest BCUT2D eigenvalue weighted by Crippen LogP contribution is 2.18. The standard InChI is InChI=1S/C18H26N4O4/c1-2-25-18(24)22-9-7-13(8-10-22)20-16-6-5-14(12-19-16)21-17(23)15-4-3-11-26-15/h5-6,12-13,15H,2-4,7-11H2,1H3,(H,19,20)(H,21,23). The van der Waals surface area contributed by atoms with Crippen LogP contribution in [0.3, 0.4) is 0 Å². The molecule has 0 saturated carbocycles. The minimum absolute atomic E-state index is 0.114. The first kappa shape index (κ1) is 18.4. The van der Waals surface area contributed by atoms with Crippen LogP contribution in [0.4, 0.5) is 16.3 Å². The van der Waals surface area contributed by atoms with Crippen LogP contribution < -0.4 is 10.6 Å². The van der Waals surface area contributed by atoms with E-state index in [1.165, 1.54) is 0 Å². The molecule has 1 unspecified atom stereocenters. The summed E-state index contributed by atoms with van der Waals surface area (Å²) in [7, 11) is 0. The Hall–Kier alpha value is -2.35. The maximum atomic E-state index is 12.0. The molecule has 1 aromatic rings. The summed E-state index contributed by atoms with van der Waals surface area (Å²) in [5, 5.41) is 6.21. The van der Waals surface area contributed by atoms with Crippen LogP contribution >= 0.6 is 0 Å². The van der Waals surface area contributed by atoms with Crippen molar-refractivity contribution in [3.63, 3.8) is 0 Å². The number of nitrogens with zero attached hydrogens (tertiary/aromatic N) is 2. The molecule has 2 aliphatic heterocycles. The van der Waals surface area contributed by atoms with Crippen LogP contribution in [0.2, 0.25) is 0 Å². The van der Waals surface area contributed by atoms with Crippen molar-refractivity contribution in [1.82, 2.24) is 9.88 Å². The van der Waals surface area contributed by atoms with Gasteiger partial charge in [-0.15, -0.1) is 0 Å². The van der Waals surface area contributed by atoms with E-state index < -0.39 is 0 Å². The Balaban J connectivity index is 1.44. The molecule has 26 heavy (non-hydrogen) atoms. The maximum absolute atomic E-state index is 12.0. The van der Waals surface area contributed by atoms with Gasteiger partial charge in [-0.2, -0.15) is 0 Å². The molecule has 8 nitrogen and oxygen atoms in total. The zero-order valence-corrected chi connectivity index (χ0v) is 15.1. The summed E-state index contributed by atoms with van der Waals surface area (Å²) in [5.41, 5.74) is 0.660. The number of anilines is 2. The molecule has 0 radical (unpaired) electrons. The van der Waals surface area contributed by atoms with Gasteiger partial charge < -0.3 is 25.0 Å². The number of nitrogens with one attached hydrogen (secondary N) is 2. The first-order valence-electron chi connectivity index (χ1n) is 9.22. The highest BCUT2D eigenvalue weighted by molar-refractivity contribution is 5.94. The lowest BCUT2D eigenvalue weighted by Crippen LogP contribution is -2.42. The number of rotatable bonds is 5. The Labute approximate surface area is 153 Å². The molecule has 3 rings (SSSR count). The van der Waals surface area contributed by atoms with Crippen molar-refractivity contribution in [3.8, 4) is 0 Å². The Morgan fingerprint density at radius 1 is 1.31 bits per heavy atom. The van der Waals surface area contributed by atoms with Gasteiger partial charge in [0.2, 0.25) is 0 Å². The number of hydrogen-bond acceptors (Lipinski definition) is 6. The van der Waals surface area contributed by atoms with Gasteiger partial charge in [0.05, 0.1) is 18.5 Å². The van der Waals surface area contributed by atoms with Crippen LogP contribution in [0.5, 0.6) is 0 Å². The monoisotopic (exact) mass is 362 g/mol. The van der Waals surface area contributed by atoms with E-state index in [0.717, 1.165) is 31.5 Å². The summed E-state index contributed by atoms with van der Waals surface area (Å²) in [6.45, 7) is 4.20. The van der Waals surface area contributed by atoms with Crippen molar-refractivity contribution in [2.75, 3.05) is 36.9 Å². The minimum Gasteiger partial charge on any atom is -0.450 e. The number of aromatic nitrogens is 1. The third kappa shape index (κ3) is 4.85. The van der Waals surface area contributed by atoms with Crippen molar-refractivity contribution >= 4 is 23.5 Å². The van der Waals surface area contributed by atoms with Crippen molar-refractivity contribution in [1.29, 1.82) is 0 Å². The zero-order valence-electron chi connectivity index (χ0n) is 15.1. The molecule has 8 heteroatoms. The summed E-state index contributed by atoms with van der Waals surface area (Å²) >= 11 is 0. The van der Waals surface area contributed by atoms with Crippen LogP contribution in [0.15, 0.2) is 18.3 Å². The van der Waals surface area contributed by atoms with Crippen LogP contribution in [-0.4, -0.2) is 60.3 Å². The van der Waals surface area contributed by atoms with E-state index in [0.29, 0.717) is 32.0 Å². The van der Waals surface area contributed by atoms with E-state index in [4.69, 9.17) is 9.47 Å². The lowest BCUT2D eigenvalue weighted by atomic mass is 10.1. The molecule has 2 saturated heterocycles. The SMILES string of the molecule is CCOC(=O)N1CCC(Nc2ccc(NC(=O)C3CCCO3)cn2)CC1. The van der Waals surface area contributed by atoms with Crippen LogP contribution in [0.25, 0.3) is 0 Å². The molecule has 3 heterocycles. The molecule has 2 aliphatic rings. The quantitative estimate of drug-likeness (QED) is 0.834. The van der Waals surface area contributed by atoms with Gasteiger partial charge in [0.1, 0.15) is 11.9 Å². The van der Waals surface area contributed by atoms with Crippen LogP contribution in [-0.2, 0) is 14.3 Å². The minimum atomic E-state index is -0.350. The highest BCUT2D eigenvalue weighted by Gasteiger charge is 2.24. The highest BCUT2D eigenvalue weighted by atomic mass is 16.6. The average molecular weight is 362 g/mol. The second-order valence-corrected chi connectivity index (χ2v) is 6.53. The van der Waals surface area contributed by atoms with Crippen molar-refractivity contribution in [3.05, 3.63) is 18.3 Å². The van der Waals surface area contributed by atoms with Gasteiger partial charge in [-0.05, 0) is 44.7 Å². The smallest absolute Gasteiger partial charge is 0.409 e. The maximum Gasteiger partial charge on any atom is 0.409 e. The Morgan fingerprint density at radius 3 is 2.73 bits per heavy atom. The Kier molecular flexibility index (Phi) is 6.27. The van der Waals surface area contributed by atoms with Gasteiger partial charge in [0, 0.05) is 25.7 Å². The van der Waals surface area contributed by atoms with Crippen LogP contribution in [0.1, 0.15) is 32.6 Å². The van der Waals surface area contributed by atoms with E-state index in [1.54, 1.807) is 11.1 Å². The summed E-state index contributed by atoms with van der Waals surface area (Å²) < 4.78 is 10.4. The summed E-state index contributed by atoms with van der Waals surface area (Å²) in [4.78, 5) is 29.8. The second kappa shape index (κ2) is 8.84. The molecule has 0 aromatic carbocycles. The van der Waals surface area contributed by atoms with E-state index in [9.17, 15) is 9.59 Å². The van der Waals surface area contributed by atoms with Gasteiger partial charge in [-0.1, -0.05) is 0 Å². The molecular weight excluding hydrogens is 336 g/mol. The predicted molar refractivity (Wildman–Crippen MR) is 97.1 cm³/mol. The van der Waals surface area contributed by atoms with Crippen molar-refractivity contribution in [2.24, 2.45) is 0 Å². The molecule has 0 aliphatic carbocycles. The molecule has 0 bridgehead atoms. The molecule has 2 N–H and O–H groups in total. The number of likely N-dealkylation sites (tertiary alicyclic amines) is 1. The second-order valence-electron chi connectivity index (χ2n) is 6.53. The first-order chi connectivity index (χ1) is 12.7. The molecule has 2 amide bonds. The first-order valence-corrected chi connectivity index (χ1v) is 9.22. The molecular formula is C18H26N4O4. The fourth-order valence-electron chi connectivity index (χ4n) is 3.19. The summed E-state index contributed by atoms with van der Waals surface area (Å²) in [6, 6.07) is 3.94. The topological polar surface area (TPSA) is 92.8 Å². The van der Waals surface area contributed by atoms with Gasteiger partial charge >= 0.3 is 6.09 Å². The fourth-order valence-corrected chi connectivity index (χ4v) is 3.19. The van der Waals surface area contributed by atoms with Gasteiger partial charge in [-0.3, -0.25) is 4.79 Å². The molecule has 2 fully saturated rings. The number of carbonyl (C=O) groups is 2. The van der Waals surface area contributed by atoms with Crippen LogP contribution in [0, 0.1) is 0 Å². The largest absolute Gasteiger partial charge is 0.450 e. The summed E-state index contributed by atoms with van der Waals surface area (Å²) in [6.07, 6.45) is 4.43. The van der Waals surface area contributed by atoms with Gasteiger partial charge in [0.25, 0.3) is 5.91 Å². The lowest BCUT2D eigenvalue weighted by Gasteiger charge is -2.31. The normalized spacial score (nSPS) is 20.7. The molecule has 1 aromatic heterocycles. The zero-order chi connectivity index (χ0) is 18.4. The lowest BCUT2D eigenvalue weighted by molar-refractivity contribution is -0.124. The number of pyridine rings is 1.